The van der Waals surface area contributed by atoms with Crippen LogP contribution in [-0.2, 0) is 6.42 Å². The highest BCUT2D eigenvalue weighted by molar-refractivity contribution is 6.35. The lowest BCUT2D eigenvalue weighted by Crippen LogP contribution is -2.08. The molecule has 3 heteroatoms. The SMILES string of the molecule is CNCCCc1cn(C(C)C)c2c(Cl)cccc12. The minimum atomic E-state index is 0.436. The van der Waals surface area contributed by atoms with Crippen LogP contribution >= 0.6 is 11.6 Å². The van der Waals surface area contributed by atoms with Gasteiger partial charge >= 0.3 is 0 Å². The second kappa shape index (κ2) is 5.77. The van der Waals surface area contributed by atoms with E-state index in [1.165, 1.54) is 16.5 Å². The van der Waals surface area contributed by atoms with Crippen molar-refractivity contribution in [2.45, 2.75) is 32.7 Å². The number of hydrogen-bond acceptors (Lipinski definition) is 1. The fourth-order valence-corrected chi connectivity index (χ4v) is 2.67. The Balaban J connectivity index is 2.44. The molecule has 2 nitrogen and oxygen atoms in total. The fourth-order valence-electron chi connectivity index (χ4n) is 2.40. The summed E-state index contributed by atoms with van der Waals surface area (Å²) in [5.74, 6) is 0. The minimum absolute atomic E-state index is 0.436. The van der Waals surface area contributed by atoms with Crippen molar-refractivity contribution in [1.29, 1.82) is 0 Å². The molecular weight excluding hydrogens is 244 g/mol. The van der Waals surface area contributed by atoms with Crippen molar-refractivity contribution >= 4 is 22.5 Å². The zero-order valence-electron chi connectivity index (χ0n) is 11.3. The van der Waals surface area contributed by atoms with Gasteiger partial charge in [-0.05, 0) is 51.9 Å². The number of halogens is 1. The van der Waals surface area contributed by atoms with Crippen LogP contribution in [-0.4, -0.2) is 18.2 Å². The van der Waals surface area contributed by atoms with Gasteiger partial charge in [-0.1, -0.05) is 23.7 Å². The predicted octanol–water partition coefficient (Wildman–Crippen LogP) is 4.03. The second-order valence-electron chi connectivity index (χ2n) is 5.00. The third kappa shape index (κ3) is 2.55. The topological polar surface area (TPSA) is 17.0 Å². The van der Waals surface area contributed by atoms with Crippen LogP contribution in [0.25, 0.3) is 10.9 Å². The lowest BCUT2D eigenvalue weighted by molar-refractivity contribution is 0.619. The average Bonchev–Trinajstić information content (AvgIpc) is 2.70. The zero-order valence-corrected chi connectivity index (χ0v) is 12.1. The van der Waals surface area contributed by atoms with Crippen molar-refractivity contribution in [3.63, 3.8) is 0 Å². The summed E-state index contributed by atoms with van der Waals surface area (Å²) in [6, 6.07) is 6.62. The van der Waals surface area contributed by atoms with Crippen LogP contribution in [0.1, 0.15) is 31.9 Å². The standard InChI is InChI=1S/C15H21ClN2/c1-11(2)18-10-12(6-5-9-17-3)13-7-4-8-14(16)15(13)18/h4,7-8,10-11,17H,5-6,9H2,1-3H3. The summed E-state index contributed by atoms with van der Waals surface area (Å²) in [6.45, 7) is 5.44. The molecule has 1 N–H and O–H groups in total. The quantitative estimate of drug-likeness (QED) is 0.807. The summed E-state index contributed by atoms with van der Waals surface area (Å²) in [7, 11) is 1.99. The monoisotopic (exact) mass is 264 g/mol. The molecule has 0 unspecified atom stereocenters. The van der Waals surface area contributed by atoms with Crippen LogP contribution in [0.5, 0.6) is 0 Å². The Morgan fingerprint density at radius 1 is 1.33 bits per heavy atom. The molecule has 1 heterocycles. The van der Waals surface area contributed by atoms with E-state index in [0.717, 1.165) is 24.4 Å². The first-order valence-electron chi connectivity index (χ1n) is 6.57. The molecule has 0 bridgehead atoms. The van der Waals surface area contributed by atoms with Crippen molar-refractivity contribution < 1.29 is 0 Å². The number of para-hydroxylation sites is 1. The molecule has 2 rings (SSSR count). The number of benzene rings is 1. The van der Waals surface area contributed by atoms with Crippen molar-refractivity contribution in [3.8, 4) is 0 Å². The summed E-state index contributed by atoms with van der Waals surface area (Å²) in [5.41, 5.74) is 2.57. The van der Waals surface area contributed by atoms with Crippen molar-refractivity contribution in [2.24, 2.45) is 0 Å². The van der Waals surface area contributed by atoms with Gasteiger partial charge in [-0.3, -0.25) is 0 Å². The van der Waals surface area contributed by atoms with Gasteiger partial charge in [0.25, 0.3) is 0 Å². The smallest absolute Gasteiger partial charge is 0.0674 e. The molecule has 0 atom stereocenters. The number of nitrogens with zero attached hydrogens (tertiary/aromatic N) is 1. The van der Waals surface area contributed by atoms with Crippen molar-refractivity contribution in [3.05, 3.63) is 35.0 Å². The van der Waals surface area contributed by atoms with Crippen LogP contribution in [0.15, 0.2) is 24.4 Å². The molecule has 0 spiro atoms. The van der Waals surface area contributed by atoms with Gasteiger partial charge < -0.3 is 9.88 Å². The minimum Gasteiger partial charge on any atom is -0.343 e. The van der Waals surface area contributed by atoms with Gasteiger partial charge in [0.05, 0.1) is 10.5 Å². The van der Waals surface area contributed by atoms with Gasteiger partial charge in [0.2, 0.25) is 0 Å². The molecule has 98 valence electrons. The first-order valence-corrected chi connectivity index (χ1v) is 6.95. The highest BCUT2D eigenvalue weighted by Crippen LogP contribution is 2.31. The molecule has 0 fully saturated rings. The molecule has 0 aliphatic carbocycles. The van der Waals surface area contributed by atoms with Crippen LogP contribution in [0.2, 0.25) is 5.02 Å². The highest BCUT2D eigenvalue weighted by atomic mass is 35.5. The summed E-state index contributed by atoms with van der Waals surface area (Å²) in [4.78, 5) is 0. The van der Waals surface area contributed by atoms with Gasteiger partial charge in [-0.25, -0.2) is 0 Å². The molecule has 18 heavy (non-hydrogen) atoms. The van der Waals surface area contributed by atoms with Gasteiger partial charge in [0.15, 0.2) is 0 Å². The Kier molecular flexibility index (Phi) is 4.31. The Hall–Kier alpha value is -0.990. The molecule has 0 aliphatic heterocycles. The highest BCUT2D eigenvalue weighted by Gasteiger charge is 2.12. The summed E-state index contributed by atoms with van der Waals surface area (Å²) in [6.07, 6.45) is 4.51. The fraction of sp³-hybridized carbons (Fsp3) is 0.467. The van der Waals surface area contributed by atoms with Crippen LogP contribution in [0.3, 0.4) is 0 Å². The summed E-state index contributed by atoms with van der Waals surface area (Å²) in [5, 5.41) is 5.34. The second-order valence-corrected chi connectivity index (χ2v) is 5.41. The van der Waals surface area contributed by atoms with E-state index in [1.54, 1.807) is 0 Å². The Labute approximate surface area is 114 Å². The van der Waals surface area contributed by atoms with E-state index in [1.807, 2.05) is 19.2 Å². The largest absolute Gasteiger partial charge is 0.343 e. The van der Waals surface area contributed by atoms with Crippen molar-refractivity contribution in [2.75, 3.05) is 13.6 Å². The number of nitrogens with one attached hydrogen (secondary N) is 1. The molecular formula is C15H21ClN2. The van der Waals surface area contributed by atoms with Crippen LogP contribution in [0.4, 0.5) is 0 Å². The van der Waals surface area contributed by atoms with Gasteiger partial charge in [-0.2, -0.15) is 0 Å². The molecule has 0 saturated carbocycles. The predicted molar refractivity (Wildman–Crippen MR) is 79.6 cm³/mol. The number of hydrogen-bond donors (Lipinski definition) is 1. The van der Waals surface area contributed by atoms with Gasteiger partial charge in [0, 0.05) is 17.6 Å². The van der Waals surface area contributed by atoms with Gasteiger partial charge in [-0.15, -0.1) is 0 Å². The third-order valence-electron chi connectivity index (χ3n) is 3.32. The normalized spacial score (nSPS) is 11.6. The molecule has 2 aromatic rings. The van der Waals surface area contributed by atoms with Crippen LogP contribution < -0.4 is 5.32 Å². The van der Waals surface area contributed by atoms with Crippen LogP contribution in [0, 0.1) is 0 Å². The number of aromatic nitrogens is 1. The first kappa shape index (κ1) is 13.4. The number of aryl methyl sites for hydroxylation is 1. The van der Waals surface area contributed by atoms with E-state index in [0.29, 0.717) is 6.04 Å². The molecule has 0 aliphatic rings. The lowest BCUT2D eigenvalue weighted by Gasteiger charge is -2.09. The Bertz CT molecular complexity index is 529. The van der Waals surface area contributed by atoms with E-state index in [2.05, 4.69) is 36.0 Å². The Morgan fingerprint density at radius 3 is 2.78 bits per heavy atom. The van der Waals surface area contributed by atoms with Crippen molar-refractivity contribution in [1.82, 2.24) is 9.88 Å². The van der Waals surface area contributed by atoms with E-state index < -0.39 is 0 Å². The zero-order chi connectivity index (χ0) is 13.1. The molecule has 0 saturated heterocycles. The molecule has 1 aromatic carbocycles. The molecule has 0 amide bonds. The number of fused-ring (bicyclic) bond motifs is 1. The lowest BCUT2D eigenvalue weighted by atomic mass is 10.1. The maximum Gasteiger partial charge on any atom is 0.0674 e. The average molecular weight is 265 g/mol. The van der Waals surface area contributed by atoms with Gasteiger partial charge in [0.1, 0.15) is 0 Å². The van der Waals surface area contributed by atoms with E-state index in [-0.39, 0.29) is 0 Å². The maximum absolute atomic E-state index is 6.35. The van der Waals surface area contributed by atoms with E-state index in [9.17, 15) is 0 Å². The first-order chi connectivity index (χ1) is 8.65. The number of rotatable bonds is 5. The third-order valence-corrected chi connectivity index (χ3v) is 3.62. The maximum atomic E-state index is 6.35. The molecule has 1 aromatic heterocycles. The summed E-state index contributed by atoms with van der Waals surface area (Å²) >= 11 is 6.35. The van der Waals surface area contributed by atoms with E-state index >= 15 is 0 Å². The van der Waals surface area contributed by atoms with E-state index in [4.69, 9.17) is 11.6 Å². The summed E-state index contributed by atoms with van der Waals surface area (Å²) < 4.78 is 2.28. The Morgan fingerprint density at radius 2 is 2.11 bits per heavy atom. The molecule has 0 radical (unpaired) electrons.